The lowest BCUT2D eigenvalue weighted by molar-refractivity contribution is 1.18. The molecule has 0 amide bonds. The Morgan fingerprint density at radius 1 is 0.469 bits per heavy atom. The van der Waals surface area contributed by atoms with Gasteiger partial charge in [0.2, 0.25) is 0 Å². The van der Waals surface area contributed by atoms with Crippen LogP contribution in [-0.2, 0) is 0 Å². The number of nitrogens with zero attached hydrogens (tertiary/aromatic N) is 1. The molecule has 32 heavy (non-hydrogen) atoms. The Morgan fingerprint density at radius 2 is 1.22 bits per heavy atom. The number of nitrogens with one attached hydrogen (secondary N) is 1. The van der Waals surface area contributed by atoms with E-state index in [1.807, 2.05) is 0 Å². The van der Waals surface area contributed by atoms with E-state index in [1.54, 1.807) is 0 Å². The monoisotopic (exact) mass is 408 g/mol. The predicted octanol–water partition coefficient (Wildman–Crippen LogP) is 8.09. The molecule has 7 rings (SSSR count). The average Bonchev–Trinajstić information content (AvgIpc) is 3.40. The minimum atomic E-state index is 1.18. The van der Waals surface area contributed by atoms with Gasteiger partial charge >= 0.3 is 0 Å². The first-order chi connectivity index (χ1) is 15.9. The van der Waals surface area contributed by atoms with Crippen LogP contribution in [0.2, 0.25) is 0 Å². The maximum Gasteiger partial charge on any atom is 0.0548 e. The quantitative estimate of drug-likeness (QED) is 0.298. The van der Waals surface area contributed by atoms with E-state index < -0.39 is 0 Å². The Morgan fingerprint density at radius 3 is 2.12 bits per heavy atom. The molecule has 0 spiro atoms. The minimum Gasteiger partial charge on any atom is -0.354 e. The Balaban J connectivity index is 1.61. The maximum absolute atomic E-state index is 3.61. The second kappa shape index (κ2) is 6.60. The van der Waals surface area contributed by atoms with Crippen LogP contribution in [0.1, 0.15) is 0 Å². The van der Waals surface area contributed by atoms with Crippen LogP contribution in [0.3, 0.4) is 0 Å². The van der Waals surface area contributed by atoms with Gasteiger partial charge in [0.25, 0.3) is 0 Å². The predicted molar refractivity (Wildman–Crippen MR) is 136 cm³/mol. The van der Waals surface area contributed by atoms with Crippen LogP contribution in [0.15, 0.2) is 115 Å². The summed E-state index contributed by atoms with van der Waals surface area (Å²) in [5.74, 6) is 0. The molecule has 2 heteroatoms. The van der Waals surface area contributed by atoms with Crippen LogP contribution in [0, 0.1) is 0 Å². The van der Waals surface area contributed by atoms with Crippen LogP contribution in [0.25, 0.3) is 60.4 Å². The van der Waals surface area contributed by atoms with Crippen LogP contribution < -0.4 is 0 Å². The molecule has 0 saturated carbocycles. The molecular formula is C30H20N2. The number of para-hydroxylation sites is 2. The lowest BCUT2D eigenvalue weighted by Gasteiger charge is -2.10. The first-order valence-corrected chi connectivity index (χ1v) is 11.0. The highest BCUT2D eigenvalue weighted by atomic mass is 15.0. The zero-order valence-corrected chi connectivity index (χ0v) is 17.4. The Hall–Kier alpha value is -4.30. The van der Waals surface area contributed by atoms with E-state index in [2.05, 4.69) is 125 Å². The molecule has 0 fully saturated rings. The van der Waals surface area contributed by atoms with Crippen molar-refractivity contribution in [2.24, 2.45) is 0 Å². The standard InChI is InChI=1S/C30H20N2/c1-2-9-20(10-3-1)21-11-8-12-22(19-21)32-27-16-7-5-14-24(27)30-28(32)18-17-26-29(30)23-13-4-6-15-25(23)31-26/h1-19,31H. The van der Waals surface area contributed by atoms with Gasteiger partial charge in [0.15, 0.2) is 0 Å². The summed E-state index contributed by atoms with van der Waals surface area (Å²) in [6.07, 6.45) is 0. The van der Waals surface area contributed by atoms with Crippen molar-refractivity contribution in [2.45, 2.75) is 0 Å². The molecule has 7 aromatic rings. The highest BCUT2D eigenvalue weighted by Crippen LogP contribution is 2.40. The number of rotatable bonds is 2. The fourth-order valence-corrected chi connectivity index (χ4v) is 5.13. The van der Waals surface area contributed by atoms with E-state index in [0.29, 0.717) is 0 Å². The lowest BCUT2D eigenvalue weighted by atomic mass is 10.0. The van der Waals surface area contributed by atoms with Crippen molar-refractivity contribution >= 4 is 43.6 Å². The summed E-state index contributed by atoms with van der Waals surface area (Å²) in [7, 11) is 0. The number of aromatic amines is 1. The third-order valence-corrected chi connectivity index (χ3v) is 6.52. The third-order valence-electron chi connectivity index (χ3n) is 6.52. The van der Waals surface area contributed by atoms with Gasteiger partial charge in [-0.05, 0) is 47.5 Å². The molecule has 2 nitrogen and oxygen atoms in total. The molecule has 0 atom stereocenters. The Kier molecular flexibility index (Phi) is 3.58. The van der Waals surface area contributed by atoms with E-state index >= 15 is 0 Å². The van der Waals surface area contributed by atoms with Gasteiger partial charge in [-0.15, -0.1) is 0 Å². The van der Waals surface area contributed by atoms with Gasteiger partial charge < -0.3 is 9.55 Å². The van der Waals surface area contributed by atoms with Gasteiger partial charge in [-0.25, -0.2) is 0 Å². The van der Waals surface area contributed by atoms with E-state index in [9.17, 15) is 0 Å². The molecule has 0 aliphatic heterocycles. The topological polar surface area (TPSA) is 20.7 Å². The first kappa shape index (κ1) is 17.4. The van der Waals surface area contributed by atoms with Gasteiger partial charge in [0.05, 0.1) is 11.0 Å². The summed E-state index contributed by atoms with van der Waals surface area (Å²) in [5, 5.41) is 5.16. The molecule has 0 bridgehead atoms. The van der Waals surface area contributed by atoms with Crippen LogP contribution >= 0.6 is 0 Å². The number of benzene rings is 5. The Labute approximate surface area is 185 Å². The summed E-state index contributed by atoms with van der Waals surface area (Å²) in [4.78, 5) is 3.61. The van der Waals surface area contributed by atoms with Crippen molar-refractivity contribution in [1.82, 2.24) is 9.55 Å². The lowest BCUT2D eigenvalue weighted by Crippen LogP contribution is -1.94. The zero-order chi connectivity index (χ0) is 21.1. The summed E-state index contributed by atoms with van der Waals surface area (Å²) in [5.41, 5.74) is 8.45. The second-order valence-corrected chi connectivity index (χ2v) is 8.32. The van der Waals surface area contributed by atoms with E-state index in [0.717, 1.165) is 0 Å². The molecule has 150 valence electrons. The Bertz CT molecular complexity index is 1770. The average molecular weight is 409 g/mol. The van der Waals surface area contributed by atoms with Crippen molar-refractivity contribution in [3.05, 3.63) is 115 Å². The maximum atomic E-state index is 3.61. The van der Waals surface area contributed by atoms with E-state index in [1.165, 1.54) is 60.4 Å². The molecule has 1 N–H and O–H groups in total. The van der Waals surface area contributed by atoms with Gasteiger partial charge in [-0.3, -0.25) is 0 Å². The van der Waals surface area contributed by atoms with E-state index in [4.69, 9.17) is 0 Å². The van der Waals surface area contributed by atoms with Gasteiger partial charge in [0, 0.05) is 38.3 Å². The van der Waals surface area contributed by atoms with Gasteiger partial charge in [-0.2, -0.15) is 0 Å². The summed E-state index contributed by atoms with van der Waals surface area (Å²) < 4.78 is 2.40. The number of aromatic nitrogens is 2. The molecule has 0 aliphatic carbocycles. The zero-order valence-electron chi connectivity index (χ0n) is 17.4. The number of hydrogen-bond donors (Lipinski definition) is 1. The SMILES string of the molecule is c1ccc(-c2cccc(-n3c4ccccc4c4c5c(ccc43)[nH]c3ccccc35)c2)cc1. The smallest absolute Gasteiger partial charge is 0.0548 e. The molecule has 0 unspecified atom stereocenters. The summed E-state index contributed by atoms with van der Waals surface area (Å²) in [6.45, 7) is 0. The highest BCUT2D eigenvalue weighted by molar-refractivity contribution is 6.28. The van der Waals surface area contributed by atoms with Crippen LogP contribution in [0.4, 0.5) is 0 Å². The molecular weight excluding hydrogens is 388 g/mol. The third kappa shape index (κ3) is 2.41. The molecule has 2 aromatic heterocycles. The summed E-state index contributed by atoms with van der Waals surface area (Å²) in [6, 6.07) is 41.2. The minimum absolute atomic E-state index is 1.18. The van der Waals surface area contributed by atoms with Crippen molar-refractivity contribution in [3.63, 3.8) is 0 Å². The number of fused-ring (bicyclic) bond motifs is 7. The fraction of sp³-hybridized carbons (Fsp3) is 0. The molecule has 5 aromatic carbocycles. The van der Waals surface area contributed by atoms with Crippen molar-refractivity contribution in [3.8, 4) is 16.8 Å². The van der Waals surface area contributed by atoms with Crippen LogP contribution in [-0.4, -0.2) is 9.55 Å². The summed E-state index contributed by atoms with van der Waals surface area (Å²) >= 11 is 0. The van der Waals surface area contributed by atoms with Crippen LogP contribution in [0.5, 0.6) is 0 Å². The molecule has 0 saturated heterocycles. The number of H-pyrrole nitrogens is 1. The fourth-order valence-electron chi connectivity index (χ4n) is 5.13. The molecule has 0 radical (unpaired) electrons. The van der Waals surface area contributed by atoms with E-state index in [-0.39, 0.29) is 0 Å². The van der Waals surface area contributed by atoms with Crippen molar-refractivity contribution in [2.75, 3.05) is 0 Å². The molecule has 2 heterocycles. The normalized spacial score (nSPS) is 11.8. The van der Waals surface area contributed by atoms with Crippen molar-refractivity contribution in [1.29, 1.82) is 0 Å². The van der Waals surface area contributed by atoms with Gasteiger partial charge in [-0.1, -0.05) is 78.9 Å². The second-order valence-electron chi connectivity index (χ2n) is 8.32. The first-order valence-electron chi connectivity index (χ1n) is 11.0. The van der Waals surface area contributed by atoms with Gasteiger partial charge in [0.1, 0.15) is 0 Å². The largest absolute Gasteiger partial charge is 0.354 e. The van der Waals surface area contributed by atoms with Crippen molar-refractivity contribution < 1.29 is 0 Å². The highest BCUT2D eigenvalue weighted by Gasteiger charge is 2.17. The molecule has 0 aliphatic rings. The number of hydrogen-bond acceptors (Lipinski definition) is 0.